The second-order valence-electron chi connectivity index (χ2n) is 4.92. The van der Waals surface area contributed by atoms with Gasteiger partial charge in [0.15, 0.2) is 0 Å². The normalized spacial score (nSPS) is 14.4. The van der Waals surface area contributed by atoms with Crippen LogP contribution in [0.3, 0.4) is 0 Å². The fourth-order valence-corrected chi connectivity index (χ4v) is 3.37. The molecule has 0 fully saturated rings. The standard InChI is InChI=1S/C10H8N2O3S.C3H9NO/c13-8-6-4-2-1-3-5(4)16-9(6)12-7(11-8)10(14)15;1-3(4)2-5/h1-3H2,(H,14,15)(H,11,12,13);3,5H,2,4H2,1H3/t;3-/m.1/s1. The van der Waals surface area contributed by atoms with Gasteiger partial charge in [-0.05, 0) is 31.7 Å². The van der Waals surface area contributed by atoms with E-state index < -0.39 is 5.97 Å². The van der Waals surface area contributed by atoms with Gasteiger partial charge in [-0.15, -0.1) is 11.3 Å². The average molecular weight is 311 g/mol. The summed E-state index contributed by atoms with van der Waals surface area (Å²) in [5, 5.41) is 17.4. The van der Waals surface area contributed by atoms with Gasteiger partial charge in [-0.25, -0.2) is 9.78 Å². The van der Waals surface area contributed by atoms with E-state index in [-0.39, 0.29) is 24.0 Å². The zero-order chi connectivity index (χ0) is 15.6. The summed E-state index contributed by atoms with van der Waals surface area (Å²) in [4.78, 5) is 30.5. The van der Waals surface area contributed by atoms with Gasteiger partial charge in [-0.3, -0.25) is 4.79 Å². The Hall–Kier alpha value is -1.77. The van der Waals surface area contributed by atoms with E-state index in [1.165, 1.54) is 16.2 Å². The van der Waals surface area contributed by atoms with Crippen LogP contribution in [0.15, 0.2) is 4.79 Å². The molecule has 2 aromatic rings. The molecule has 5 N–H and O–H groups in total. The third-order valence-corrected chi connectivity index (χ3v) is 4.25. The van der Waals surface area contributed by atoms with Crippen molar-refractivity contribution in [3.8, 4) is 0 Å². The summed E-state index contributed by atoms with van der Waals surface area (Å²) in [6, 6.07) is -0.0602. The lowest BCUT2D eigenvalue weighted by molar-refractivity contribution is 0.0683. The first kappa shape index (κ1) is 15.6. The van der Waals surface area contributed by atoms with E-state index in [2.05, 4.69) is 9.97 Å². The number of aliphatic hydroxyl groups is 1. The topological polar surface area (TPSA) is 129 Å². The highest BCUT2D eigenvalue weighted by Gasteiger charge is 2.21. The molecule has 0 saturated heterocycles. The van der Waals surface area contributed by atoms with Gasteiger partial charge in [-0.2, -0.15) is 0 Å². The van der Waals surface area contributed by atoms with E-state index in [0.717, 1.165) is 24.8 Å². The first-order valence-corrected chi connectivity index (χ1v) is 7.40. The Morgan fingerprint density at radius 3 is 2.76 bits per heavy atom. The van der Waals surface area contributed by atoms with Crippen LogP contribution in [0, 0.1) is 0 Å². The Morgan fingerprint density at radius 1 is 1.52 bits per heavy atom. The predicted molar refractivity (Wildman–Crippen MR) is 80.0 cm³/mol. The van der Waals surface area contributed by atoms with Crippen LogP contribution in [0.2, 0.25) is 0 Å². The van der Waals surface area contributed by atoms with Crippen LogP contribution in [-0.4, -0.2) is 38.8 Å². The molecular formula is C13H17N3O4S. The van der Waals surface area contributed by atoms with Crippen molar-refractivity contribution in [3.05, 3.63) is 26.6 Å². The number of rotatable bonds is 2. The van der Waals surface area contributed by atoms with Crippen LogP contribution < -0.4 is 11.3 Å². The van der Waals surface area contributed by atoms with Crippen molar-refractivity contribution in [1.29, 1.82) is 0 Å². The number of nitrogens with one attached hydrogen (secondary N) is 1. The Balaban J connectivity index is 0.000000282. The Bertz CT molecular complexity index is 720. The number of carboxylic acids is 1. The minimum Gasteiger partial charge on any atom is -0.475 e. The molecule has 21 heavy (non-hydrogen) atoms. The Kier molecular flexibility index (Phi) is 4.71. The van der Waals surface area contributed by atoms with Crippen LogP contribution in [0.1, 0.15) is 34.4 Å². The van der Waals surface area contributed by atoms with E-state index in [0.29, 0.717) is 10.2 Å². The summed E-state index contributed by atoms with van der Waals surface area (Å²) in [5.74, 6) is -1.48. The number of aliphatic hydroxyl groups excluding tert-OH is 1. The molecule has 0 aromatic carbocycles. The maximum atomic E-state index is 11.8. The first-order valence-electron chi connectivity index (χ1n) is 6.58. The van der Waals surface area contributed by atoms with Crippen LogP contribution in [-0.2, 0) is 12.8 Å². The fraction of sp³-hybridized carbons (Fsp3) is 0.462. The number of hydrogen-bond acceptors (Lipinski definition) is 6. The molecule has 8 heteroatoms. The van der Waals surface area contributed by atoms with Gasteiger partial charge in [0.05, 0.1) is 12.0 Å². The number of aryl methyl sites for hydroxylation is 2. The molecule has 3 rings (SSSR count). The number of nitrogens with zero attached hydrogens (tertiary/aromatic N) is 1. The first-order chi connectivity index (χ1) is 9.93. The molecule has 7 nitrogen and oxygen atoms in total. The molecule has 0 radical (unpaired) electrons. The Labute approximate surface area is 124 Å². The number of nitrogens with two attached hydrogens (primary N) is 1. The summed E-state index contributed by atoms with van der Waals surface area (Å²) in [6.07, 6.45) is 2.93. The van der Waals surface area contributed by atoms with Gasteiger partial charge in [0.1, 0.15) is 4.83 Å². The Morgan fingerprint density at radius 2 is 2.19 bits per heavy atom. The number of aromatic amines is 1. The third kappa shape index (κ3) is 3.29. The SMILES string of the molecule is C[C@@H](N)CO.O=C(O)c1nc2sc3c(c2c(=O)[nH]1)CCC3. The lowest BCUT2D eigenvalue weighted by atomic mass is 10.2. The number of aromatic nitrogens is 2. The van der Waals surface area contributed by atoms with Gasteiger partial charge in [-0.1, -0.05) is 0 Å². The summed E-state index contributed by atoms with van der Waals surface area (Å²) >= 11 is 1.44. The lowest BCUT2D eigenvalue weighted by Gasteiger charge is -1.95. The van der Waals surface area contributed by atoms with E-state index in [1.54, 1.807) is 6.92 Å². The molecule has 0 saturated carbocycles. The number of thiophene rings is 1. The predicted octanol–water partition coefficient (Wildman–Crippen LogP) is 0.497. The summed E-state index contributed by atoms with van der Waals surface area (Å²) in [5.41, 5.74) is 5.77. The fourth-order valence-electron chi connectivity index (χ4n) is 2.10. The lowest BCUT2D eigenvalue weighted by Crippen LogP contribution is -2.18. The number of carbonyl (C=O) groups is 1. The van der Waals surface area contributed by atoms with Gasteiger partial charge in [0.2, 0.25) is 5.82 Å². The molecule has 0 bridgehead atoms. The van der Waals surface area contributed by atoms with Gasteiger partial charge >= 0.3 is 5.97 Å². The highest BCUT2D eigenvalue weighted by molar-refractivity contribution is 7.18. The maximum Gasteiger partial charge on any atom is 0.372 e. The van der Waals surface area contributed by atoms with E-state index in [1.807, 2.05) is 0 Å². The molecule has 2 heterocycles. The van der Waals surface area contributed by atoms with Crippen molar-refractivity contribution >= 4 is 27.5 Å². The zero-order valence-corrected chi connectivity index (χ0v) is 12.4. The molecular weight excluding hydrogens is 294 g/mol. The number of carboxylic acid groups (broad SMARTS) is 1. The molecule has 0 amide bonds. The van der Waals surface area contributed by atoms with Crippen LogP contribution in [0.4, 0.5) is 0 Å². The monoisotopic (exact) mass is 311 g/mol. The number of fused-ring (bicyclic) bond motifs is 3. The van der Waals surface area contributed by atoms with Crippen LogP contribution in [0.25, 0.3) is 10.2 Å². The van der Waals surface area contributed by atoms with Gasteiger partial charge in [0, 0.05) is 10.9 Å². The molecule has 1 aliphatic rings. The second kappa shape index (κ2) is 6.33. The quantitative estimate of drug-likeness (QED) is 0.639. The van der Waals surface area contributed by atoms with Crippen molar-refractivity contribution in [2.75, 3.05) is 6.61 Å². The van der Waals surface area contributed by atoms with E-state index in [4.69, 9.17) is 15.9 Å². The molecule has 114 valence electrons. The average Bonchev–Trinajstić information content (AvgIpc) is 2.98. The van der Waals surface area contributed by atoms with Crippen LogP contribution in [0.5, 0.6) is 0 Å². The van der Waals surface area contributed by atoms with Crippen molar-refractivity contribution in [1.82, 2.24) is 9.97 Å². The molecule has 1 aliphatic carbocycles. The van der Waals surface area contributed by atoms with Gasteiger partial charge < -0.3 is 20.9 Å². The van der Waals surface area contributed by atoms with Crippen molar-refractivity contribution in [2.45, 2.75) is 32.2 Å². The smallest absolute Gasteiger partial charge is 0.372 e. The van der Waals surface area contributed by atoms with E-state index >= 15 is 0 Å². The van der Waals surface area contributed by atoms with Gasteiger partial charge in [0.25, 0.3) is 5.56 Å². The van der Waals surface area contributed by atoms with Crippen molar-refractivity contribution in [3.63, 3.8) is 0 Å². The summed E-state index contributed by atoms with van der Waals surface area (Å²) in [6.45, 7) is 1.83. The molecule has 0 unspecified atom stereocenters. The number of hydrogen-bond donors (Lipinski definition) is 4. The van der Waals surface area contributed by atoms with Crippen molar-refractivity contribution in [2.24, 2.45) is 5.73 Å². The molecule has 0 spiro atoms. The summed E-state index contributed by atoms with van der Waals surface area (Å²) in [7, 11) is 0. The number of aromatic carboxylic acids is 1. The zero-order valence-electron chi connectivity index (χ0n) is 11.5. The second-order valence-corrected chi connectivity index (χ2v) is 6.00. The highest BCUT2D eigenvalue weighted by Crippen LogP contribution is 2.34. The molecule has 2 aromatic heterocycles. The van der Waals surface area contributed by atoms with Crippen LogP contribution >= 0.6 is 11.3 Å². The largest absolute Gasteiger partial charge is 0.475 e. The molecule has 1 atom stereocenters. The summed E-state index contributed by atoms with van der Waals surface area (Å²) < 4.78 is 0. The minimum atomic E-state index is -1.20. The third-order valence-electron chi connectivity index (χ3n) is 3.07. The van der Waals surface area contributed by atoms with E-state index in [9.17, 15) is 9.59 Å². The highest BCUT2D eigenvalue weighted by atomic mass is 32.1. The van der Waals surface area contributed by atoms with Crippen molar-refractivity contribution < 1.29 is 15.0 Å². The maximum absolute atomic E-state index is 11.8. The minimum absolute atomic E-state index is 0.0602. The molecule has 0 aliphatic heterocycles. The number of H-pyrrole nitrogens is 1.